The summed E-state index contributed by atoms with van der Waals surface area (Å²) in [6, 6.07) is 11.5. The number of aryl methyl sites for hydroxylation is 1. The zero-order valence-electron chi connectivity index (χ0n) is 18.2. The van der Waals surface area contributed by atoms with Crippen molar-refractivity contribution in [3.05, 3.63) is 58.9 Å². The number of hydrogen-bond donors (Lipinski definition) is 1. The van der Waals surface area contributed by atoms with Crippen molar-refractivity contribution in [2.75, 3.05) is 26.2 Å². The van der Waals surface area contributed by atoms with Gasteiger partial charge in [-0.2, -0.15) is 0 Å². The summed E-state index contributed by atoms with van der Waals surface area (Å²) >= 11 is 0. The maximum Gasteiger partial charge on any atom is 0.255 e. The SMILES string of the molecule is Cc1ccc(C(=O)N2CCC(C)CC2)c(C2CCN(Cc3ccccc3O)CC2)n1. The van der Waals surface area contributed by atoms with Gasteiger partial charge in [-0.15, -0.1) is 0 Å². The number of carbonyl (C=O) groups excluding carboxylic acids is 1. The van der Waals surface area contributed by atoms with Crippen LogP contribution in [0.15, 0.2) is 36.4 Å². The first-order chi connectivity index (χ1) is 14.5. The lowest BCUT2D eigenvalue weighted by Gasteiger charge is -2.34. The second-order valence-electron chi connectivity index (χ2n) is 9.04. The molecule has 1 N–H and O–H groups in total. The Hall–Kier alpha value is -2.40. The van der Waals surface area contributed by atoms with Gasteiger partial charge in [0.2, 0.25) is 0 Å². The number of aromatic hydroxyl groups is 1. The Balaban J connectivity index is 1.45. The van der Waals surface area contributed by atoms with Gasteiger partial charge in [0.1, 0.15) is 5.75 Å². The number of para-hydroxylation sites is 1. The largest absolute Gasteiger partial charge is 0.508 e. The highest BCUT2D eigenvalue weighted by molar-refractivity contribution is 5.95. The van der Waals surface area contributed by atoms with Crippen molar-refractivity contribution in [2.45, 2.75) is 52.0 Å². The van der Waals surface area contributed by atoms with Gasteiger partial charge in [0.25, 0.3) is 5.91 Å². The molecule has 2 saturated heterocycles. The average Bonchev–Trinajstić information content (AvgIpc) is 2.76. The second-order valence-corrected chi connectivity index (χ2v) is 9.04. The first-order valence-electron chi connectivity index (χ1n) is 11.3. The van der Waals surface area contributed by atoms with Crippen molar-refractivity contribution >= 4 is 5.91 Å². The van der Waals surface area contributed by atoms with Crippen molar-refractivity contribution in [3.63, 3.8) is 0 Å². The third kappa shape index (κ3) is 4.67. The third-order valence-electron chi connectivity index (χ3n) is 6.73. The van der Waals surface area contributed by atoms with E-state index < -0.39 is 0 Å². The number of benzene rings is 1. The number of phenols is 1. The molecule has 5 heteroatoms. The smallest absolute Gasteiger partial charge is 0.255 e. The molecule has 0 saturated carbocycles. The molecule has 2 aliphatic heterocycles. The quantitative estimate of drug-likeness (QED) is 0.819. The fourth-order valence-electron chi connectivity index (χ4n) is 4.70. The minimum absolute atomic E-state index is 0.154. The van der Waals surface area contributed by atoms with E-state index in [0.717, 1.165) is 80.9 Å². The van der Waals surface area contributed by atoms with Crippen LogP contribution in [0.1, 0.15) is 65.8 Å². The molecular weight excluding hydrogens is 374 g/mol. The van der Waals surface area contributed by atoms with Crippen LogP contribution in [0.3, 0.4) is 0 Å². The van der Waals surface area contributed by atoms with Gasteiger partial charge in [0.15, 0.2) is 0 Å². The Morgan fingerprint density at radius 2 is 1.73 bits per heavy atom. The maximum atomic E-state index is 13.3. The van der Waals surface area contributed by atoms with Crippen LogP contribution in [0, 0.1) is 12.8 Å². The number of aromatic nitrogens is 1. The molecule has 0 radical (unpaired) electrons. The molecule has 160 valence electrons. The van der Waals surface area contributed by atoms with E-state index in [0.29, 0.717) is 17.6 Å². The molecule has 1 aromatic carbocycles. The lowest BCUT2D eigenvalue weighted by atomic mass is 9.89. The number of piperidine rings is 2. The topological polar surface area (TPSA) is 56.7 Å². The van der Waals surface area contributed by atoms with Crippen molar-refractivity contribution in [1.29, 1.82) is 0 Å². The van der Waals surface area contributed by atoms with E-state index >= 15 is 0 Å². The predicted octanol–water partition coefficient (Wildman–Crippen LogP) is 4.35. The Labute approximate surface area is 179 Å². The number of amides is 1. The van der Waals surface area contributed by atoms with Crippen LogP contribution in [-0.2, 0) is 6.54 Å². The number of hydrogen-bond acceptors (Lipinski definition) is 4. The molecule has 0 atom stereocenters. The average molecular weight is 408 g/mol. The van der Waals surface area contributed by atoms with Gasteiger partial charge < -0.3 is 10.0 Å². The van der Waals surface area contributed by atoms with Crippen LogP contribution >= 0.6 is 0 Å². The minimum Gasteiger partial charge on any atom is -0.508 e. The standard InChI is InChI=1S/C25H33N3O2/c1-18-9-15-28(16-10-18)25(30)22-8-7-19(2)26-24(22)20-11-13-27(14-12-20)17-21-5-3-4-6-23(21)29/h3-8,18,20,29H,9-17H2,1-2H3. The lowest BCUT2D eigenvalue weighted by molar-refractivity contribution is 0.0694. The number of pyridine rings is 1. The van der Waals surface area contributed by atoms with Crippen LogP contribution < -0.4 is 0 Å². The first kappa shape index (κ1) is 20.9. The normalized spacial score (nSPS) is 19.2. The number of rotatable bonds is 4. The van der Waals surface area contributed by atoms with E-state index in [4.69, 9.17) is 4.98 Å². The molecule has 5 nitrogen and oxygen atoms in total. The molecule has 3 heterocycles. The monoisotopic (exact) mass is 407 g/mol. The number of carbonyl (C=O) groups is 1. The lowest BCUT2D eigenvalue weighted by Crippen LogP contribution is -2.39. The molecule has 30 heavy (non-hydrogen) atoms. The van der Waals surface area contributed by atoms with Crippen LogP contribution in [0.2, 0.25) is 0 Å². The number of phenolic OH excluding ortho intramolecular Hbond substituents is 1. The summed E-state index contributed by atoms with van der Waals surface area (Å²) in [6.07, 6.45) is 4.15. The molecule has 2 fully saturated rings. The van der Waals surface area contributed by atoms with Crippen LogP contribution in [-0.4, -0.2) is 52.0 Å². The van der Waals surface area contributed by atoms with Crippen molar-refractivity contribution in [1.82, 2.24) is 14.8 Å². The maximum absolute atomic E-state index is 13.3. The van der Waals surface area contributed by atoms with Gasteiger partial charge in [-0.05, 0) is 69.8 Å². The van der Waals surface area contributed by atoms with Crippen LogP contribution in [0.5, 0.6) is 5.75 Å². The van der Waals surface area contributed by atoms with Crippen molar-refractivity contribution in [3.8, 4) is 5.75 Å². The highest BCUT2D eigenvalue weighted by Gasteiger charge is 2.29. The highest BCUT2D eigenvalue weighted by Crippen LogP contribution is 2.32. The zero-order valence-corrected chi connectivity index (χ0v) is 18.2. The third-order valence-corrected chi connectivity index (χ3v) is 6.73. The van der Waals surface area contributed by atoms with Gasteiger partial charge in [-0.25, -0.2) is 0 Å². The summed E-state index contributed by atoms with van der Waals surface area (Å²) < 4.78 is 0. The summed E-state index contributed by atoms with van der Waals surface area (Å²) in [5, 5.41) is 10.1. The van der Waals surface area contributed by atoms with E-state index in [2.05, 4.69) is 11.8 Å². The molecule has 0 unspecified atom stereocenters. The molecular formula is C25H33N3O2. The predicted molar refractivity (Wildman–Crippen MR) is 119 cm³/mol. The fourth-order valence-corrected chi connectivity index (χ4v) is 4.70. The van der Waals surface area contributed by atoms with E-state index in [1.165, 1.54) is 0 Å². The van der Waals surface area contributed by atoms with E-state index in [1.807, 2.05) is 42.2 Å². The van der Waals surface area contributed by atoms with Gasteiger partial charge in [0, 0.05) is 36.8 Å². The minimum atomic E-state index is 0.154. The Morgan fingerprint density at radius 1 is 1.03 bits per heavy atom. The van der Waals surface area contributed by atoms with Gasteiger partial charge in [0.05, 0.1) is 11.3 Å². The van der Waals surface area contributed by atoms with Gasteiger partial charge in [-0.3, -0.25) is 14.7 Å². The number of nitrogens with zero attached hydrogens (tertiary/aromatic N) is 3. The molecule has 2 aliphatic rings. The summed E-state index contributed by atoms with van der Waals surface area (Å²) in [5.41, 5.74) is 3.74. The van der Waals surface area contributed by atoms with Crippen LogP contribution in [0.4, 0.5) is 0 Å². The molecule has 0 aliphatic carbocycles. The van der Waals surface area contributed by atoms with Crippen molar-refractivity contribution < 1.29 is 9.90 Å². The van der Waals surface area contributed by atoms with Gasteiger partial charge in [-0.1, -0.05) is 25.1 Å². The fraction of sp³-hybridized carbons (Fsp3) is 0.520. The summed E-state index contributed by atoms with van der Waals surface area (Å²) in [4.78, 5) is 22.5. The highest BCUT2D eigenvalue weighted by atomic mass is 16.3. The van der Waals surface area contributed by atoms with Gasteiger partial charge >= 0.3 is 0 Å². The molecule has 0 bridgehead atoms. The molecule has 4 rings (SSSR count). The zero-order chi connectivity index (χ0) is 21.1. The number of likely N-dealkylation sites (tertiary alicyclic amines) is 2. The summed E-state index contributed by atoms with van der Waals surface area (Å²) in [6.45, 7) is 8.64. The Bertz CT molecular complexity index is 882. The molecule has 0 spiro atoms. The second kappa shape index (κ2) is 9.17. The molecule has 2 aromatic rings. The van der Waals surface area contributed by atoms with Crippen LogP contribution in [0.25, 0.3) is 0 Å². The Kier molecular flexibility index (Phi) is 6.38. The van der Waals surface area contributed by atoms with E-state index in [1.54, 1.807) is 6.07 Å². The Morgan fingerprint density at radius 3 is 2.43 bits per heavy atom. The summed E-state index contributed by atoms with van der Waals surface area (Å²) in [7, 11) is 0. The molecule has 1 amide bonds. The first-order valence-corrected chi connectivity index (χ1v) is 11.3. The van der Waals surface area contributed by atoms with E-state index in [-0.39, 0.29) is 5.91 Å². The summed E-state index contributed by atoms with van der Waals surface area (Å²) in [5.74, 6) is 1.54. The van der Waals surface area contributed by atoms with Crippen molar-refractivity contribution in [2.24, 2.45) is 5.92 Å². The van der Waals surface area contributed by atoms with E-state index in [9.17, 15) is 9.90 Å². The molecule has 1 aromatic heterocycles.